The Kier molecular flexibility index (Phi) is 3.22. The van der Waals surface area contributed by atoms with Gasteiger partial charge >= 0.3 is 0 Å². The van der Waals surface area contributed by atoms with Crippen LogP contribution < -0.4 is 10.1 Å². The number of aromatic amines is 1. The summed E-state index contributed by atoms with van der Waals surface area (Å²) in [6.45, 7) is 0.766. The molecule has 1 amide bonds. The zero-order valence-corrected chi connectivity index (χ0v) is 12.7. The maximum absolute atomic E-state index is 12.4. The predicted octanol–water partition coefficient (Wildman–Crippen LogP) is 2.07. The Balaban J connectivity index is 1.47. The molecule has 22 heavy (non-hydrogen) atoms. The number of para-hydroxylation sites is 1. The Labute approximate surface area is 132 Å². The summed E-state index contributed by atoms with van der Waals surface area (Å²) in [5, 5.41) is 9.98. The lowest BCUT2D eigenvalue weighted by Crippen LogP contribution is -2.30. The molecule has 2 aromatic rings. The molecule has 6 nitrogen and oxygen atoms in total. The Morgan fingerprint density at radius 3 is 3.09 bits per heavy atom. The van der Waals surface area contributed by atoms with Crippen LogP contribution in [-0.2, 0) is 11.3 Å². The van der Waals surface area contributed by atoms with Gasteiger partial charge in [-0.25, -0.2) is 0 Å². The van der Waals surface area contributed by atoms with Crippen molar-refractivity contribution in [1.29, 1.82) is 0 Å². The number of H-pyrrole nitrogens is 1. The number of benzene rings is 1. The molecule has 1 aliphatic carbocycles. The lowest BCUT2D eigenvalue weighted by molar-refractivity contribution is -0.122. The number of carbonyl (C=O) groups is 1. The van der Waals surface area contributed by atoms with Crippen molar-refractivity contribution in [2.75, 3.05) is 6.61 Å². The van der Waals surface area contributed by atoms with Crippen molar-refractivity contribution in [2.45, 2.75) is 31.3 Å². The number of hydrogen-bond acceptors (Lipinski definition) is 4. The van der Waals surface area contributed by atoms with Gasteiger partial charge in [0.05, 0.1) is 6.54 Å². The summed E-state index contributed by atoms with van der Waals surface area (Å²) in [4.78, 5) is 12.4. The summed E-state index contributed by atoms with van der Waals surface area (Å²) in [6.07, 6.45) is 2.25. The maximum atomic E-state index is 12.4. The highest BCUT2D eigenvalue weighted by molar-refractivity contribution is 7.71. The predicted molar refractivity (Wildman–Crippen MR) is 82.2 cm³/mol. The van der Waals surface area contributed by atoms with Crippen molar-refractivity contribution in [2.24, 2.45) is 0 Å². The van der Waals surface area contributed by atoms with Crippen LogP contribution in [0.5, 0.6) is 5.75 Å². The van der Waals surface area contributed by atoms with E-state index in [1.165, 1.54) is 0 Å². The van der Waals surface area contributed by atoms with E-state index in [-0.39, 0.29) is 11.8 Å². The number of fused-ring (bicyclic) bond motifs is 1. The fourth-order valence-corrected chi connectivity index (χ4v) is 3.14. The third kappa shape index (κ3) is 2.31. The number of nitrogens with zero attached hydrogens (tertiary/aromatic N) is 2. The number of rotatable bonds is 4. The molecule has 1 fully saturated rings. The molecule has 4 rings (SSSR count). The summed E-state index contributed by atoms with van der Waals surface area (Å²) >= 11 is 5.24. The van der Waals surface area contributed by atoms with Gasteiger partial charge in [0.15, 0.2) is 10.6 Å². The molecule has 7 heteroatoms. The Hall–Kier alpha value is -2.15. The van der Waals surface area contributed by atoms with Crippen molar-refractivity contribution >= 4 is 18.1 Å². The number of ether oxygens (including phenoxy) is 1. The fourth-order valence-electron chi connectivity index (χ4n) is 2.84. The molecule has 0 bridgehead atoms. The van der Waals surface area contributed by atoms with Crippen LogP contribution >= 0.6 is 12.2 Å². The number of aromatic nitrogens is 3. The van der Waals surface area contributed by atoms with E-state index in [0.717, 1.165) is 30.0 Å². The third-order valence-corrected chi connectivity index (χ3v) is 4.41. The average molecular weight is 316 g/mol. The van der Waals surface area contributed by atoms with E-state index < -0.39 is 0 Å². The van der Waals surface area contributed by atoms with Crippen molar-refractivity contribution < 1.29 is 9.53 Å². The lowest BCUT2D eigenvalue weighted by Gasteiger charge is -2.10. The Morgan fingerprint density at radius 1 is 1.45 bits per heavy atom. The topological polar surface area (TPSA) is 71.9 Å². The van der Waals surface area contributed by atoms with Gasteiger partial charge in [-0.05, 0) is 31.1 Å². The van der Waals surface area contributed by atoms with Gasteiger partial charge in [-0.15, -0.1) is 0 Å². The van der Waals surface area contributed by atoms with Crippen molar-refractivity contribution in [1.82, 2.24) is 20.1 Å². The van der Waals surface area contributed by atoms with Gasteiger partial charge in [0.2, 0.25) is 5.91 Å². The van der Waals surface area contributed by atoms with Gasteiger partial charge in [0.25, 0.3) is 0 Å². The Morgan fingerprint density at radius 2 is 2.27 bits per heavy atom. The number of carbonyl (C=O) groups excluding carboxylic acids is 1. The fraction of sp³-hybridized carbons (Fsp3) is 0.400. The molecule has 2 aliphatic rings. The van der Waals surface area contributed by atoms with E-state index in [4.69, 9.17) is 17.0 Å². The normalized spacial score (nSPS) is 19.5. The van der Waals surface area contributed by atoms with Crippen LogP contribution in [0.1, 0.15) is 36.2 Å². The first-order valence-electron chi connectivity index (χ1n) is 7.39. The Bertz CT molecular complexity index is 778. The minimum Gasteiger partial charge on any atom is -0.492 e. The monoisotopic (exact) mass is 316 g/mol. The van der Waals surface area contributed by atoms with E-state index in [2.05, 4.69) is 15.5 Å². The molecule has 1 aromatic carbocycles. The van der Waals surface area contributed by atoms with Crippen molar-refractivity contribution in [3.8, 4) is 5.75 Å². The molecular weight excluding hydrogens is 300 g/mol. The average Bonchev–Trinajstić information content (AvgIpc) is 3.16. The van der Waals surface area contributed by atoms with Crippen LogP contribution in [0.4, 0.5) is 0 Å². The lowest BCUT2D eigenvalue weighted by atomic mass is 10.0. The van der Waals surface area contributed by atoms with Crippen LogP contribution in [0.15, 0.2) is 24.3 Å². The molecule has 0 spiro atoms. The first-order chi connectivity index (χ1) is 10.7. The summed E-state index contributed by atoms with van der Waals surface area (Å²) in [5.74, 6) is 1.28. The van der Waals surface area contributed by atoms with Crippen LogP contribution in [0.3, 0.4) is 0 Å². The second-order valence-electron chi connectivity index (χ2n) is 5.67. The molecule has 0 radical (unpaired) electrons. The summed E-state index contributed by atoms with van der Waals surface area (Å²) in [5.41, 5.74) is 0.945. The minimum absolute atomic E-state index is 0.0405. The van der Waals surface area contributed by atoms with E-state index >= 15 is 0 Å². The maximum Gasteiger partial charge on any atom is 0.231 e. The number of hydrogen-bond donors (Lipinski definition) is 2. The molecule has 1 aromatic heterocycles. The summed E-state index contributed by atoms with van der Waals surface area (Å²) in [6, 6.07) is 8.10. The highest BCUT2D eigenvalue weighted by Crippen LogP contribution is 2.36. The first-order valence-corrected chi connectivity index (χ1v) is 7.80. The smallest absolute Gasteiger partial charge is 0.231 e. The van der Waals surface area contributed by atoms with Gasteiger partial charge in [-0.3, -0.25) is 14.5 Å². The second-order valence-corrected chi connectivity index (χ2v) is 6.05. The van der Waals surface area contributed by atoms with Gasteiger partial charge in [0.1, 0.15) is 18.3 Å². The molecular formula is C15H16N4O2S. The molecule has 2 heterocycles. The van der Waals surface area contributed by atoms with E-state index in [1.807, 2.05) is 28.8 Å². The zero-order chi connectivity index (χ0) is 15.1. The zero-order valence-electron chi connectivity index (χ0n) is 11.9. The standard InChI is InChI=1S/C15H16N4O2S/c20-14(11-8-21-12-4-2-1-3-10(11)12)16-7-13-17-18-15(22)19(13)9-5-6-9/h1-4,9,11H,5-8H2,(H,16,20)(H,18,22)/t11-/m0/s1. The summed E-state index contributed by atoms with van der Waals surface area (Å²) < 4.78 is 8.19. The largest absolute Gasteiger partial charge is 0.492 e. The van der Waals surface area contributed by atoms with Crippen LogP contribution in [-0.4, -0.2) is 27.3 Å². The second kappa shape index (κ2) is 5.24. The molecule has 0 saturated heterocycles. The first kappa shape index (κ1) is 13.5. The SMILES string of the molecule is O=C(NCc1n[nH]c(=S)n1C1CC1)[C@H]1COc2ccccc21. The quantitative estimate of drug-likeness (QED) is 0.847. The van der Waals surface area contributed by atoms with Crippen molar-refractivity contribution in [3.05, 3.63) is 40.4 Å². The number of amides is 1. The third-order valence-electron chi connectivity index (χ3n) is 4.13. The molecule has 2 N–H and O–H groups in total. The van der Waals surface area contributed by atoms with Crippen molar-refractivity contribution in [3.63, 3.8) is 0 Å². The van der Waals surface area contributed by atoms with Gasteiger partial charge < -0.3 is 10.1 Å². The number of nitrogens with one attached hydrogen (secondary N) is 2. The van der Waals surface area contributed by atoms with E-state index in [0.29, 0.717) is 24.0 Å². The van der Waals surface area contributed by atoms with Crippen LogP contribution in [0.25, 0.3) is 0 Å². The molecule has 0 unspecified atom stereocenters. The van der Waals surface area contributed by atoms with E-state index in [1.54, 1.807) is 0 Å². The minimum atomic E-state index is -0.257. The van der Waals surface area contributed by atoms with Gasteiger partial charge in [-0.2, -0.15) is 5.10 Å². The molecule has 1 aliphatic heterocycles. The molecule has 1 saturated carbocycles. The highest BCUT2D eigenvalue weighted by Gasteiger charge is 2.31. The molecule has 114 valence electrons. The van der Waals surface area contributed by atoms with Gasteiger partial charge in [0, 0.05) is 11.6 Å². The van der Waals surface area contributed by atoms with Crippen LogP contribution in [0, 0.1) is 4.77 Å². The van der Waals surface area contributed by atoms with E-state index in [9.17, 15) is 4.79 Å². The van der Waals surface area contributed by atoms with Gasteiger partial charge in [-0.1, -0.05) is 18.2 Å². The molecule has 1 atom stereocenters. The highest BCUT2D eigenvalue weighted by atomic mass is 32.1. The summed E-state index contributed by atoms with van der Waals surface area (Å²) in [7, 11) is 0. The van der Waals surface area contributed by atoms with Crippen LogP contribution in [0.2, 0.25) is 0 Å².